The molecule has 0 atom stereocenters. The van der Waals surface area contributed by atoms with Crippen molar-refractivity contribution in [3.8, 4) is 6.01 Å². The summed E-state index contributed by atoms with van der Waals surface area (Å²) in [7, 11) is 0. The van der Waals surface area contributed by atoms with Gasteiger partial charge in [0.05, 0.1) is 0 Å². The molecule has 15 heavy (non-hydrogen) atoms. The highest BCUT2D eigenvalue weighted by molar-refractivity contribution is 6.28. The third-order valence-electron chi connectivity index (χ3n) is 2.25. The molecule has 1 N–H and O–H groups in total. The lowest BCUT2D eigenvalue weighted by atomic mass is 9.96. The molecule has 1 heterocycles. The maximum Gasteiger partial charge on any atom is 0.322 e. The van der Waals surface area contributed by atoms with Gasteiger partial charge in [0.25, 0.3) is 0 Å². The third kappa shape index (κ3) is 2.68. The molecule has 2 rings (SSSR count). The fourth-order valence-corrected chi connectivity index (χ4v) is 1.41. The topological polar surface area (TPSA) is 59.9 Å². The van der Waals surface area contributed by atoms with Crippen molar-refractivity contribution in [1.29, 1.82) is 0 Å². The number of hydrogen-bond donors (Lipinski definition) is 1. The van der Waals surface area contributed by atoms with Crippen molar-refractivity contribution in [1.82, 2.24) is 15.0 Å². The number of rotatable bonds is 4. The first-order valence-corrected chi connectivity index (χ1v) is 5.48. The van der Waals surface area contributed by atoms with Gasteiger partial charge in [-0.15, -0.1) is 0 Å². The first kappa shape index (κ1) is 10.4. The smallest absolute Gasteiger partial charge is 0.322 e. The van der Waals surface area contributed by atoms with Crippen molar-refractivity contribution in [2.24, 2.45) is 0 Å². The van der Waals surface area contributed by atoms with Crippen LogP contribution in [0.15, 0.2) is 0 Å². The van der Waals surface area contributed by atoms with Crippen molar-refractivity contribution in [3.05, 3.63) is 5.28 Å². The van der Waals surface area contributed by atoms with Gasteiger partial charge < -0.3 is 10.1 Å². The summed E-state index contributed by atoms with van der Waals surface area (Å²) in [6.45, 7) is 2.70. The molecule has 1 aliphatic rings. The number of ether oxygens (including phenoxy) is 1. The summed E-state index contributed by atoms with van der Waals surface area (Å²) in [5.41, 5.74) is 0. The summed E-state index contributed by atoms with van der Waals surface area (Å²) in [5, 5.41) is 3.13. The predicted molar refractivity (Wildman–Crippen MR) is 57.3 cm³/mol. The van der Waals surface area contributed by atoms with E-state index in [2.05, 4.69) is 20.3 Å². The van der Waals surface area contributed by atoms with Crippen LogP contribution in [0.2, 0.25) is 5.28 Å². The lowest BCUT2D eigenvalue weighted by Crippen LogP contribution is -2.25. The van der Waals surface area contributed by atoms with E-state index in [1.54, 1.807) is 0 Å². The lowest BCUT2D eigenvalue weighted by Gasteiger charge is -2.24. The molecule has 6 heteroatoms. The fourth-order valence-electron chi connectivity index (χ4n) is 1.26. The Bertz CT molecular complexity index is 343. The second-order valence-electron chi connectivity index (χ2n) is 3.41. The van der Waals surface area contributed by atoms with E-state index in [0.29, 0.717) is 12.0 Å². The van der Waals surface area contributed by atoms with E-state index in [1.807, 2.05) is 6.92 Å². The summed E-state index contributed by atoms with van der Waals surface area (Å²) in [5.74, 6) is 0.465. The molecular formula is C9H13ClN4O. The van der Waals surface area contributed by atoms with E-state index < -0.39 is 0 Å². The van der Waals surface area contributed by atoms with Crippen LogP contribution in [0.25, 0.3) is 0 Å². The number of nitrogens with zero attached hydrogens (tertiary/aromatic N) is 3. The van der Waals surface area contributed by atoms with Crippen LogP contribution in [0.4, 0.5) is 5.95 Å². The molecule has 82 valence electrons. The average Bonchev–Trinajstić information content (AvgIpc) is 2.11. The van der Waals surface area contributed by atoms with Gasteiger partial charge in [0, 0.05) is 6.54 Å². The van der Waals surface area contributed by atoms with Crippen LogP contribution in [0.1, 0.15) is 26.2 Å². The second kappa shape index (κ2) is 4.61. The molecule has 0 radical (unpaired) electrons. The molecule has 0 amide bonds. The number of nitrogens with one attached hydrogen (secondary N) is 1. The Morgan fingerprint density at radius 2 is 2.20 bits per heavy atom. The lowest BCUT2D eigenvalue weighted by molar-refractivity contribution is 0.108. The molecule has 1 saturated carbocycles. The third-order valence-corrected chi connectivity index (χ3v) is 2.42. The maximum atomic E-state index is 5.75. The zero-order valence-electron chi connectivity index (χ0n) is 8.53. The predicted octanol–water partition coefficient (Wildman–Crippen LogP) is 1.89. The van der Waals surface area contributed by atoms with Crippen LogP contribution in [-0.2, 0) is 0 Å². The van der Waals surface area contributed by atoms with Crippen LogP contribution >= 0.6 is 11.6 Å². The van der Waals surface area contributed by atoms with Crippen LogP contribution in [0, 0.1) is 0 Å². The standard InChI is InChI=1S/C9H13ClN4O/c1-2-11-8-12-7(10)13-9(14-8)15-6-4-3-5-6/h6H,2-5H2,1H3,(H,11,12,13,14). The van der Waals surface area contributed by atoms with E-state index in [-0.39, 0.29) is 11.4 Å². The Morgan fingerprint density at radius 1 is 1.40 bits per heavy atom. The quantitative estimate of drug-likeness (QED) is 0.853. The van der Waals surface area contributed by atoms with E-state index in [4.69, 9.17) is 16.3 Å². The highest BCUT2D eigenvalue weighted by Crippen LogP contribution is 2.23. The SMILES string of the molecule is CCNc1nc(Cl)nc(OC2CCC2)n1. The normalized spacial score (nSPS) is 15.9. The van der Waals surface area contributed by atoms with Gasteiger partial charge in [0.1, 0.15) is 6.10 Å². The summed E-state index contributed by atoms with van der Waals surface area (Å²) in [6, 6.07) is 0.315. The van der Waals surface area contributed by atoms with E-state index in [9.17, 15) is 0 Å². The summed E-state index contributed by atoms with van der Waals surface area (Å²) >= 11 is 5.75. The first-order chi connectivity index (χ1) is 7.28. The largest absolute Gasteiger partial charge is 0.460 e. The van der Waals surface area contributed by atoms with Crippen LogP contribution < -0.4 is 10.1 Å². The molecule has 0 bridgehead atoms. The molecular weight excluding hydrogens is 216 g/mol. The minimum atomic E-state index is 0.162. The van der Waals surface area contributed by atoms with Gasteiger partial charge >= 0.3 is 6.01 Å². The minimum absolute atomic E-state index is 0.162. The van der Waals surface area contributed by atoms with Crippen LogP contribution in [0.5, 0.6) is 6.01 Å². The number of anilines is 1. The second-order valence-corrected chi connectivity index (χ2v) is 3.75. The van der Waals surface area contributed by atoms with Gasteiger partial charge in [0.15, 0.2) is 0 Å². The molecule has 0 spiro atoms. The summed E-state index contributed by atoms with van der Waals surface area (Å²) in [4.78, 5) is 12.0. The molecule has 1 aromatic heterocycles. The molecule has 5 nitrogen and oxygen atoms in total. The molecule has 1 fully saturated rings. The van der Waals surface area contributed by atoms with Gasteiger partial charge in [-0.2, -0.15) is 15.0 Å². The Hall–Kier alpha value is -1.10. The van der Waals surface area contributed by atoms with Gasteiger partial charge in [-0.25, -0.2) is 0 Å². The van der Waals surface area contributed by atoms with Gasteiger partial charge in [-0.3, -0.25) is 0 Å². The first-order valence-electron chi connectivity index (χ1n) is 5.10. The molecule has 1 aliphatic carbocycles. The Morgan fingerprint density at radius 3 is 2.80 bits per heavy atom. The minimum Gasteiger partial charge on any atom is -0.460 e. The van der Waals surface area contributed by atoms with Gasteiger partial charge in [0.2, 0.25) is 11.2 Å². The molecule has 0 unspecified atom stereocenters. The van der Waals surface area contributed by atoms with E-state index in [1.165, 1.54) is 6.42 Å². The van der Waals surface area contributed by atoms with E-state index in [0.717, 1.165) is 19.4 Å². The van der Waals surface area contributed by atoms with Crippen molar-refractivity contribution >= 4 is 17.5 Å². The Labute approximate surface area is 93.2 Å². The summed E-state index contributed by atoms with van der Waals surface area (Å²) in [6.07, 6.45) is 3.60. The zero-order valence-corrected chi connectivity index (χ0v) is 9.29. The highest BCUT2D eigenvalue weighted by atomic mass is 35.5. The van der Waals surface area contributed by atoms with Gasteiger partial charge in [-0.1, -0.05) is 0 Å². The molecule has 1 aromatic rings. The maximum absolute atomic E-state index is 5.75. The molecule has 0 aliphatic heterocycles. The Kier molecular flexibility index (Phi) is 3.20. The fraction of sp³-hybridized carbons (Fsp3) is 0.667. The number of hydrogen-bond acceptors (Lipinski definition) is 5. The van der Waals surface area contributed by atoms with Gasteiger partial charge in [-0.05, 0) is 37.8 Å². The summed E-state index contributed by atoms with van der Waals surface area (Å²) < 4.78 is 5.53. The monoisotopic (exact) mass is 228 g/mol. The zero-order chi connectivity index (χ0) is 10.7. The van der Waals surface area contributed by atoms with Crippen LogP contribution in [0.3, 0.4) is 0 Å². The average molecular weight is 229 g/mol. The van der Waals surface area contributed by atoms with E-state index >= 15 is 0 Å². The number of halogens is 1. The molecule has 0 aromatic carbocycles. The van der Waals surface area contributed by atoms with Crippen molar-refractivity contribution in [2.75, 3.05) is 11.9 Å². The van der Waals surface area contributed by atoms with Crippen molar-refractivity contribution in [2.45, 2.75) is 32.3 Å². The highest BCUT2D eigenvalue weighted by Gasteiger charge is 2.20. The van der Waals surface area contributed by atoms with Crippen LogP contribution in [-0.4, -0.2) is 27.6 Å². The van der Waals surface area contributed by atoms with Crippen molar-refractivity contribution in [3.63, 3.8) is 0 Å². The Balaban J connectivity index is 2.07. The molecule has 0 saturated heterocycles. The number of aromatic nitrogens is 3. The van der Waals surface area contributed by atoms with Crippen molar-refractivity contribution < 1.29 is 4.74 Å².